The molecule has 0 bridgehead atoms. The first-order chi connectivity index (χ1) is 15.9. The molecule has 0 aliphatic carbocycles. The molecule has 0 aliphatic rings. The molecule has 2 aromatic rings. The smallest absolute Gasteiger partial charge is 0.434 e. The summed E-state index contributed by atoms with van der Waals surface area (Å²) in [5.41, 5.74) is 0. The van der Waals surface area contributed by atoms with Crippen molar-refractivity contribution in [2.75, 3.05) is 39.3 Å². The molecule has 36 heavy (non-hydrogen) atoms. The van der Waals surface area contributed by atoms with Crippen LogP contribution in [0.25, 0.3) is 0 Å². The van der Waals surface area contributed by atoms with Gasteiger partial charge in [0.05, 0.1) is 26.2 Å². The third-order valence-electron chi connectivity index (χ3n) is 5.04. The SMILES string of the molecule is O=[N+]([O-])c1nccn1CC(O)C[NH2+]CCC[NH2+]CCC[NH2+]CC(O)Cn1ccnc1[N+](=O)[O-].[Cl-].[Cl-].[Cl-]. The van der Waals surface area contributed by atoms with Gasteiger partial charge in [-0.05, 0) is 9.85 Å². The third kappa shape index (κ3) is 13.3. The number of nitro groups is 2. The van der Waals surface area contributed by atoms with E-state index in [2.05, 4.69) is 15.3 Å². The molecule has 8 N–H and O–H groups in total. The number of rotatable bonds is 18. The maximum atomic E-state index is 10.8. The molecular weight excluding hydrogens is 545 g/mol. The Morgan fingerprint density at radius 2 is 1.11 bits per heavy atom. The normalized spacial score (nSPS) is 12.1. The maximum Gasteiger partial charge on any atom is 0.434 e. The van der Waals surface area contributed by atoms with Crippen LogP contribution < -0.4 is 53.2 Å². The highest BCUT2D eigenvalue weighted by atomic mass is 35.5. The molecule has 0 fully saturated rings. The highest BCUT2D eigenvalue weighted by Crippen LogP contribution is 2.08. The van der Waals surface area contributed by atoms with E-state index in [0.29, 0.717) is 13.1 Å². The molecular formula is C18H34Cl3N9O6. The maximum absolute atomic E-state index is 10.8. The van der Waals surface area contributed by atoms with Crippen LogP contribution in [0.1, 0.15) is 12.8 Å². The van der Waals surface area contributed by atoms with Gasteiger partial charge in [-0.1, -0.05) is 9.97 Å². The quantitative estimate of drug-likeness (QED) is 0.0649. The van der Waals surface area contributed by atoms with E-state index in [-0.39, 0.29) is 62.2 Å². The van der Waals surface area contributed by atoms with E-state index in [1.54, 1.807) is 0 Å². The highest BCUT2D eigenvalue weighted by molar-refractivity contribution is 5.07. The van der Waals surface area contributed by atoms with Crippen molar-refractivity contribution in [2.45, 2.75) is 38.1 Å². The summed E-state index contributed by atoms with van der Waals surface area (Å²) >= 11 is 0. The van der Waals surface area contributed by atoms with Gasteiger partial charge in [-0.25, -0.2) is 9.13 Å². The van der Waals surface area contributed by atoms with Crippen molar-refractivity contribution in [3.05, 3.63) is 45.0 Å². The number of quaternary nitrogens is 3. The lowest BCUT2D eigenvalue weighted by Crippen LogP contribution is -3.00. The Morgan fingerprint density at radius 3 is 1.47 bits per heavy atom. The number of halogens is 3. The zero-order valence-corrected chi connectivity index (χ0v) is 21.9. The van der Waals surface area contributed by atoms with Gasteiger partial charge in [0, 0.05) is 12.8 Å². The Bertz CT molecular complexity index is 805. The molecule has 0 amide bonds. The van der Waals surface area contributed by atoms with Gasteiger partial charge in [-0.15, -0.1) is 0 Å². The van der Waals surface area contributed by atoms with Gasteiger partial charge in [-0.2, -0.15) is 0 Å². The number of hydrogen-bond donors (Lipinski definition) is 5. The number of nitrogens with zero attached hydrogens (tertiary/aromatic N) is 6. The molecule has 0 spiro atoms. The summed E-state index contributed by atoms with van der Waals surface area (Å²) in [7, 11) is 0. The van der Waals surface area contributed by atoms with Crippen LogP contribution in [0.4, 0.5) is 11.9 Å². The van der Waals surface area contributed by atoms with Crippen LogP contribution in [0, 0.1) is 20.2 Å². The molecule has 2 rings (SSSR count). The summed E-state index contributed by atoms with van der Waals surface area (Å²) < 4.78 is 2.67. The lowest BCUT2D eigenvalue weighted by molar-refractivity contribution is -0.693. The molecule has 2 heterocycles. The predicted molar refractivity (Wildman–Crippen MR) is 114 cm³/mol. The van der Waals surface area contributed by atoms with E-state index in [9.17, 15) is 30.4 Å². The van der Waals surface area contributed by atoms with E-state index >= 15 is 0 Å². The van der Waals surface area contributed by atoms with Crippen LogP contribution in [0.15, 0.2) is 24.8 Å². The van der Waals surface area contributed by atoms with Crippen molar-refractivity contribution in [3.63, 3.8) is 0 Å². The van der Waals surface area contributed by atoms with Gasteiger partial charge in [-0.3, -0.25) is 0 Å². The fraction of sp³-hybridized carbons (Fsp3) is 0.667. The topological polar surface area (TPSA) is 212 Å². The number of nitrogens with two attached hydrogens (primary N) is 3. The molecule has 18 heteroatoms. The third-order valence-corrected chi connectivity index (χ3v) is 5.04. The van der Waals surface area contributed by atoms with Crippen LogP contribution in [-0.4, -0.2) is 90.6 Å². The molecule has 0 aliphatic heterocycles. The summed E-state index contributed by atoms with van der Waals surface area (Å²) in [6, 6.07) is 0. The van der Waals surface area contributed by atoms with Crippen molar-refractivity contribution >= 4 is 11.9 Å². The number of aliphatic hydroxyl groups excluding tert-OH is 2. The van der Waals surface area contributed by atoms with E-state index in [0.717, 1.165) is 39.0 Å². The molecule has 2 aromatic heterocycles. The minimum Gasteiger partial charge on any atom is -1.00 e. The predicted octanol–water partition coefficient (Wildman–Crippen LogP) is -13.2. The summed E-state index contributed by atoms with van der Waals surface area (Å²) in [4.78, 5) is 27.8. The fourth-order valence-corrected chi connectivity index (χ4v) is 3.41. The fourth-order valence-electron chi connectivity index (χ4n) is 3.41. The molecule has 0 saturated carbocycles. The van der Waals surface area contributed by atoms with Crippen molar-refractivity contribution in [2.24, 2.45) is 0 Å². The van der Waals surface area contributed by atoms with Gasteiger partial charge in [0.2, 0.25) is 0 Å². The monoisotopic (exact) mass is 577 g/mol. The Morgan fingerprint density at radius 1 is 0.750 bits per heavy atom. The second kappa shape index (κ2) is 20.0. The van der Waals surface area contributed by atoms with Gasteiger partial charge >= 0.3 is 11.9 Å². The molecule has 15 nitrogen and oxygen atoms in total. The molecule has 2 unspecified atom stereocenters. The average Bonchev–Trinajstić information content (AvgIpc) is 3.41. The summed E-state index contributed by atoms with van der Waals surface area (Å²) in [5, 5.41) is 47.9. The minimum atomic E-state index is -0.687. The standard InChI is InChI=1S/C18H31N9O6.3ClH/c28-15(13-24-9-7-22-17(24)26(30)31)11-20-5-1-3-19-4-2-6-21-12-16(29)14-25-10-8-23-18(25)27(32)33;;;/h7-10,15-16,19-21,28-29H,1-6,11-14H2;3*1H. The Kier molecular flexibility index (Phi) is 20.0. The first-order valence-corrected chi connectivity index (χ1v) is 11.0. The van der Waals surface area contributed by atoms with Crippen LogP contribution >= 0.6 is 0 Å². The molecule has 208 valence electrons. The van der Waals surface area contributed by atoms with Crippen molar-refractivity contribution in [1.29, 1.82) is 0 Å². The van der Waals surface area contributed by atoms with Crippen LogP contribution in [0.3, 0.4) is 0 Å². The summed E-state index contributed by atoms with van der Waals surface area (Å²) in [6.45, 7) is 4.87. The van der Waals surface area contributed by atoms with Gasteiger partial charge in [0.1, 0.15) is 63.2 Å². The van der Waals surface area contributed by atoms with Crippen molar-refractivity contribution in [3.8, 4) is 0 Å². The first kappa shape index (κ1) is 36.0. The van der Waals surface area contributed by atoms with Crippen molar-refractivity contribution in [1.82, 2.24) is 19.1 Å². The molecule has 0 saturated heterocycles. The van der Waals surface area contributed by atoms with E-state index in [1.165, 1.54) is 33.9 Å². The highest BCUT2D eigenvalue weighted by Gasteiger charge is 2.19. The van der Waals surface area contributed by atoms with Crippen LogP contribution in [0.5, 0.6) is 0 Å². The van der Waals surface area contributed by atoms with Crippen LogP contribution in [-0.2, 0) is 13.1 Å². The summed E-state index contributed by atoms with van der Waals surface area (Å²) in [6.07, 6.45) is 6.24. The van der Waals surface area contributed by atoms with E-state index in [1.807, 2.05) is 10.6 Å². The van der Waals surface area contributed by atoms with Crippen LogP contribution in [0.2, 0.25) is 0 Å². The minimum absolute atomic E-state index is 0. The second-order valence-corrected chi connectivity index (χ2v) is 7.78. The Balaban J connectivity index is 0. The zero-order valence-electron chi connectivity index (χ0n) is 19.6. The Hall–Kier alpha value is -2.11. The largest absolute Gasteiger partial charge is 1.00 e. The second-order valence-electron chi connectivity index (χ2n) is 7.78. The summed E-state index contributed by atoms with van der Waals surface area (Å²) in [5.74, 6) is -0.532. The number of aromatic nitrogens is 4. The number of hydrogen-bond acceptors (Lipinski definition) is 8. The molecule has 0 aromatic carbocycles. The molecule has 2 atom stereocenters. The number of aliphatic hydroxyl groups is 2. The first-order valence-electron chi connectivity index (χ1n) is 11.0. The van der Waals surface area contributed by atoms with E-state index < -0.39 is 22.1 Å². The van der Waals surface area contributed by atoms with Gasteiger partial charge in [0.25, 0.3) is 0 Å². The lowest BCUT2D eigenvalue weighted by Gasteiger charge is -2.09. The van der Waals surface area contributed by atoms with E-state index in [4.69, 9.17) is 0 Å². The average molecular weight is 579 g/mol. The number of imidazole rings is 2. The van der Waals surface area contributed by atoms with Crippen molar-refractivity contribution < 1.29 is 73.2 Å². The lowest BCUT2D eigenvalue weighted by atomic mass is 10.3. The zero-order chi connectivity index (χ0) is 24.1. The molecule has 0 radical (unpaired) electrons. The van der Waals surface area contributed by atoms with Gasteiger partial charge < -0.3 is 83.6 Å². The Labute approximate surface area is 226 Å². The van der Waals surface area contributed by atoms with Gasteiger partial charge in [0.15, 0.2) is 0 Å².